The van der Waals surface area contributed by atoms with E-state index in [1.807, 2.05) is 26.0 Å². The lowest BCUT2D eigenvalue weighted by Gasteiger charge is -2.09. The van der Waals surface area contributed by atoms with E-state index < -0.39 is 10.0 Å². The molecule has 0 aliphatic carbocycles. The van der Waals surface area contributed by atoms with Gasteiger partial charge in [-0.2, -0.15) is 0 Å². The molecule has 7 heteroatoms. The number of ether oxygens (including phenoxy) is 1. The summed E-state index contributed by atoms with van der Waals surface area (Å²) in [5.74, 6) is 0.659. The van der Waals surface area contributed by atoms with Gasteiger partial charge in [0.1, 0.15) is 5.75 Å². The van der Waals surface area contributed by atoms with Crippen molar-refractivity contribution in [2.45, 2.75) is 25.2 Å². The molecule has 0 unspecified atom stereocenters. The van der Waals surface area contributed by atoms with Crippen LogP contribution in [0.2, 0.25) is 0 Å². The summed E-state index contributed by atoms with van der Waals surface area (Å²) in [6.07, 6.45) is 0.293. The zero-order chi connectivity index (χ0) is 19.6. The van der Waals surface area contributed by atoms with E-state index >= 15 is 0 Å². The predicted molar refractivity (Wildman–Crippen MR) is 106 cm³/mol. The lowest BCUT2D eigenvalue weighted by Crippen LogP contribution is -2.27. The first-order valence-corrected chi connectivity index (χ1v) is 10.1. The number of aromatic amines is 1. The van der Waals surface area contributed by atoms with Crippen molar-refractivity contribution in [3.8, 4) is 5.75 Å². The summed E-state index contributed by atoms with van der Waals surface area (Å²) < 4.78 is 32.6. The van der Waals surface area contributed by atoms with Crippen LogP contribution < -0.4 is 15.0 Å². The Bertz CT molecular complexity index is 1150. The topological polar surface area (TPSA) is 88.3 Å². The molecule has 0 radical (unpaired) electrons. The quantitative estimate of drug-likeness (QED) is 0.682. The number of hydrogen-bond donors (Lipinski definition) is 2. The third kappa shape index (κ3) is 4.20. The number of benzene rings is 2. The van der Waals surface area contributed by atoms with E-state index in [0.717, 1.165) is 16.5 Å². The molecule has 0 bridgehead atoms. The zero-order valence-corrected chi connectivity index (χ0v) is 16.3. The number of nitrogens with one attached hydrogen (secondary N) is 2. The van der Waals surface area contributed by atoms with Gasteiger partial charge < -0.3 is 9.72 Å². The van der Waals surface area contributed by atoms with Gasteiger partial charge in [-0.1, -0.05) is 6.07 Å². The molecule has 3 rings (SSSR count). The molecule has 0 aliphatic heterocycles. The molecule has 0 fully saturated rings. The van der Waals surface area contributed by atoms with E-state index in [1.54, 1.807) is 37.4 Å². The molecule has 2 N–H and O–H groups in total. The Hall–Kier alpha value is -2.64. The molecular formula is C20H22N2O4S. The van der Waals surface area contributed by atoms with E-state index in [9.17, 15) is 13.2 Å². The number of aromatic nitrogens is 1. The van der Waals surface area contributed by atoms with Crippen molar-refractivity contribution in [2.24, 2.45) is 0 Å². The van der Waals surface area contributed by atoms with Crippen LogP contribution >= 0.6 is 0 Å². The number of fused-ring (bicyclic) bond motifs is 1. The zero-order valence-electron chi connectivity index (χ0n) is 15.5. The van der Waals surface area contributed by atoms with E-state index in [1.165, 1.54) is 0 Å². The van der Waals surface area contributed by atoms with E-state index in [0.29, 0.717) is 23.3 Å². The molecule has 0 spiro atoms. The molecule has 0 amide bonds. The molecule has 0 atom stereocenters. The highest BCUT2D eigenvalue weighted by Gasteiger charge is 2.14. The average Bonchev–Trinajstić information content (AvgIpc) is 2.63. The fourth-order valence-electron chi connectivity index (χ4n) is 2.82. The Morgan fingerprint density at radius 2 is 1.81 bits per heavy atom. The minimum Gasteiger partial charge on any atom is -0.497 e. The lowest BCUT2D eigenvalue weighted by atomic mass is 10.1. The number of H-pyrrole nitrogens is 1. The van der Waals surface area contributed by atoms with Gasteiger partial charge in [-0.05, 0) is 67.1 Å². The number of sulfonamides is 1. The number of hydrogen-bond acceptors (Lipinski definition) is 4. The van der Waals surface area contributed by atoms with Crippen LogP contribution in [0.3, 0.4) is 0 Å². The SMILES string of the molecule is COc1ccc2cc(CCNS(=O)(=O)c3ccc(C)c(C)c3)c(=O)[nH]c2c1. The molecule has 6 nitrogen and oxygen atoms in total. The van der Waals surface area contributed by atoms with Gasteiger partial charge in [0.05, 0.1) is 17.5 Å². The number of aryl methyl sites for hydroxylation is 2. The van der Waals surface area contributed by atoms with Crippen molar-refractivity contribution in [3.05, 3.63) is 69.5 Å². The molecule has 1 heterocycles. The largest absolute Gasteiger partial charge is 0.497 e. The Morgan fingerprint density at radius 1 is 1.04 bits per heavy atom. The summed E-state index contributed by atoms with van der Waals surface area (Å²) in [5.41, 5.74) is 2.92. The van der Waals surface area contributed by atoms with Gasteiger partial charge in [-0.25, -0.2) is 13.1 Å². The molecule has 0 aliphatic rings. The van der Waals surface area contributed by atoms with Gasteiger partial charge in [0.25, 0.3) is 5.56 Å². The van der Waals surface area contributed by atoms with E-state index in [4.69, 9.17) is 4.74 Å². The summed E-state index contributed by atoms with van der Waals surface area (Å²) in [6.45, 7) is 3.94. The van der Waals surface area contributed by atoms with Gasteiger partial charge in [0, 0.05) is 18.2 Å². The minimum absolute atomic E-state index is 0.139. The Morgan fingerprint density at radius 3 is 2.52 bits per heavy atom. The summed E-state index contributed by atoms with van der Waals surface area (Å²) in [7, 11) is -2.05. The fraction of sp³-hybridized carbons (Fsp3) is 0.250. The van der Waals surface area contributed by atoms with Gasteiger partial charge in [-0.3, -0.25) is 4.79 Å². The maximum absolute atomic E-state index is 12.4. The number of methoxy groups -OCH3 is 1. The van der Waals surface area contributed by atoms with Crippen LogP contribution in [0.4, 0.5) is 0 Å². The number of pyridine rings is 1. The smallest absolute Gasteiger partial charge is 0.251 e. The third-order valence-corrected chi connectivity index (χ3v) is 6.06. The second-order valence-electron chi connectivity index (χ2n) is 6.47. The minimum atomic E-state index is -3.61. The molecular weight excluding hydrogens is 364 g/mol. The van der Waals surface area contributed by atoms with Crippen LogP contribution in [-0.4, -0.2) is 27.1 Å². The summed E-state index contributed by atoms with van der Waals surface area (Å²) in [5, 5.41) is 0.863. The highest BCUT2D eigenvalue weighted by molar-refractivity contribution is 7.89. The Labute approximate surface area is 158 Å². The van der Waals surface area contributed by atoms with Gasteiger partial charge >= 0.3 is 0 Å². The van der Waals surface area contributed by atoms with E-state index in [2.05, 4.69) is 9.71 Å². The van der Waals surface area contributed by atoms with Crippen LogP contribution in [-0.2, 0) is 16.4 Å². The highest BCUT2D eigenvalue weighted by atomic mass is 32.2. The molecule has 0 saturated carbocycles. The average molecular weight is 386 g/mol. The van der Waals surface area contributed by atoms with Crippen molar-refractivity contribution >= 4 is 20.9 Å². The first kappa shape index (κ1) is 19.1. The lowest BCUT2D eigenvalue weighted by molar-refractivity contribution is 0.415. The Balaban J connectivity index is 1.75. The maximum atomic E-state index is 12.4. The van der Waals surface area contributed by atoms with Crippen molar-refractivity contribution in [3.63, 3.8) is 0 Å². The first-order chi connectivity index (χ1) is 12.8. The van der Waals surface area contributed by atoms with Crippen molar-refractivity contribution in [2.75, 3.05) is 13.7 Å². The van der Waals surface area contributed by atoms with Crippen LogP contribution in [0.15, 0.2) is 52.2 Å². The van der Waals surface area contributed by atoms with Crippen LogP contribution in [0.5, 0.6) is 5.75 Å². The third-order valence-electron chi connectivity index (χ3n) is 4.61. The van der Waals surface area contributed by atoms with Crippen molar-refractivity contribution in [1.82, 2.24) is 9.71 Å². The van der Waals surface area contributed by atoms with Crippen LogP contribution in [0.1, 0.15) is 16.7 Å². The van der Waals surface area contributed by atoms with Gasteiger partial charge in [0.2, 0.25) is 10.0 Å². The summed E-state index contributed by atoms with van der Waals surface area (Å²) in [4.78, 5) is 15.3. The van der Waals surface area contributed by atoms with Crippen molar-refractivity contribution < 1.29 is 13.2 Å². The molecule has 27 heavy (non-hydrogen) atoms. The first-order valence-electron chi connectivity index (χ1n) is 8.57. The molecule has 2 aromatic carbocycles. The monoisotopic (exact) mass is 386 g/mol. The molecule has 1 aromatic heterocycles. The summed E-state index contributed by atoms with van der Waals surface area (Å²) >= 11 is 0. The summed E-state index contributed by atoms with van der Waals surface area (Å²) in [6, 6.07) is 12.2. The maximum Gasteiger partial charge on any atom is 0.251 e. The molecule has 142 valence electrons. The second kappa shape index (κ2) is 7.54. The van der Waals surface area contributed by atoms with Crippen LogP contribution in [0, 0.1) is 13.8 Å². The normalized spacial score (nSPS) is 11.7. The van der Waals surface area contributed by atoms with Gasteiger partial charge in [0.15, 0.2) is 0 Å². The van der Waals surface area contributed by atoms with Crippen molar-refractivity contribution in [1.29, 1.82) is 0 Å². The van der Waals surface area contributed by atoms with Crippen LogP contribution in [0.25, 0.3) is 10.9 Å². The highest BCUT2D eigenvalue weighted by Crippen LogP contribution is 2.19. The number of rotatable bonds is 6. The van der Waals surface area contributed by atoms with E-state index in [-0.39, 0.29) is 17.0 Å². The standard InChI is InChI=1S/C20H22N2O4S/c1-13-4-7-18(10-14(13)2)27(24,25)21-9-8-16-11-15-5-6-17(26-3)12-19(15)22-20(16)23/h4-7,10-12,21H,8-9H2,1-3H3,(H,22,23). The molecule has 3 aromatic rings. The molecule has 0 saturated heterocycles. The predicted octanol–water partition coefficient (Wildman–Crippen LogP) is 2.67. The second-order valence-corrected chi connectivity index (χ2v) is 8.24. The Kier molecular flexibility index (Phi) is 5.34. The fourth-order valence-corrected chi connectivity index (χ4v) is 3.94. The van der Waals surface area contributed by atoms with Gasteiger partial charge in [-0.15, -0.1) is 0 Å².